The molecule has 0 aliphatic rings. The molecule has 3 N–H and O–H groups in total. The van der Waals surface area contributed by atoms with E-state index in [1.165, 1.54) is 38.9 Å². The summed E-state index contributed by atoms with van der Waals surface area (Å²) in [5, 5.41) is 6.71. The van der Waals surface area contributed by atoms with Crippen LogP contribution in [0.1, 0.15) is 33.1 Å². The van der Waals surface area contributed by atoms with E-state index < -0.39 is 0 Å². The van der Waals surface area contributed by atoms with E-state index in [2.05, 4.69) is 24.5 Å². The minimum atomic E-state index is 1.13. The fourth-order valence-corrected chi connectivity index (χ4v) is 1.67. The Hall–Kier alpha value is -0.120. The molecule has 0 aromatic heterocycles. The Balaban J connectivity index is 3.49. The maximum absolute atomic E-state index is 3.48. The van der Waals surface area contributed by atoms with Crippen molar-refractivity contribution in [2.45, 2.75) is 33.1 Å². The summed E-state index contributed by atoms with van der Waals surface area (Å²) in [6, 6.07) is 0. The van der Waals surface area contributed by atoms with E-state index in [1.807, 2.05) is 7.05 Å². The standard InChI is InChI=1S/C12H29N3/c1-4-6-10-15(11-8-13-3)12-9-14-7-5-2/h13-14H,4-12H2,1-3H3/p+1. The average molecular weight is 216 g/mol. The highest BCUT2D eigenvalue weighted by molar-refractivity contribution is 4.44. The SMILES string of the molecule is CCCC[NH+](CCNC)CCNCCC. The molecule has 0 amide bonds. The lowest BCUT2D eigenvalue weighted by Gasteiger charge is -2.19. The van der Waals surface area contributed by atoms with Crippen LogP contribution in [0.3, 0.4) is 0 Å². The van der Waals surface area contributed by atoms with E-state index >= 15 is 0 Å². The van der Waals surface area contributed by atoms with Crippen molar-refractivity contribution in [2.24, 2.45) is 0 Å². The Morgan fingerprint density at radius 2 is 1.60 bits per heavy atom. The predicted octanol–water partition coefficient (Wildman–Crippen LogP) is -0.110. The maximum Gasteiger partial charge on any atom is 0.0898 e. The largest absolute Gasteiger partial charge is 0.333 e. The average Bonchev–Trinajstić information content (AvgIpc) is 2.27. The monoisotopic (exact) mass is 216 g/mol. The summed E-state index contributed by atoms with van der Waals surface area (Å²) in [6.07, 6.45) is 3.90. The van der Waals surface area contributed by atoms with Gasteiger partial charge in [0.05, 0.1) is 19.6 Å². The lowest BCUT2D eigenvalue weighted by atomic mass is 10.3. The number of hydrogen-bond acceptors (Lipinski definition) is 2. The van der Waals surface area contributed by atoms with E-state index in [4.69, 9.17) is 0 Å². The third-order valence-electron chi connectivity index (χ3n) is 2.69. The summed E-state index contributed by atoms with van der Waals surface area (Å²) in [4.78, 5) is 1.73. The van der Waals surface area contributed by atoms with Crippen LogP contribution in [0.25, 0.3) is 0 Å². The molecular weight excluding hydrogens is 186 g/mol. The minimum absolute atomic E-state index is 1.13. The van der Waals surface area contributed by atoms with Crippen LogP contribution in [0, 0.1) is 0 Å². The zero-order valence-electron chi connectivity index (χ0n) is 10.9. The molecule has 0 heterocycles. The van der Waals surface area contributed by atoms with Crippen molar-refractivity contribution >= 4 is 0 Å². The lowest BCUT2D eigenvalue weighted by molar-refractivity contribution is -0.898. The zero-order chi connectivity index (χ0) is 11.4. The van der Waals surface area contributed by atoms with Crippen LogP contribution in [-0.4, -0.2) is 46.3 Å². The van der Waals surface area contributed by atoms with Crippen LogP contribution < -0.4 is 15.5 Å². The van der Waals surface area contributed by atoms with E-state index in [1.54, 1.807) is 4.90 Å². The second-order valence-corrected chi connectivity index (χ2v) is 4.21. The topological polar surface area (TPSA) is 28.5 Å². The van der Waals surface area contributed by atoms with E-state index in [-0.39, 0.29) is 0 Å². The van der Waals surface area contributed by atoms with Gasteiger partial charge in [-0.05, 0) is 26.4 Å². The van der Waals surface area contributed by atoms with Crippen LogP contribution in [-0.2, 0) is 0 Å². The highest BCUT2D eigenvalue weighted by atomic mass is 15.1. The number of likely N-dealkylation sites (N-methyl/N-ethyl adjacent to an activating group) is 1. The van der Waals surface area contributed by atoms with Gasteiger partial charge >= 0.3 is 0 Å². The molecule has 3 heteroatoms. The summed E-state index contributed by atoms with van der Waals surface area (Å²) in [5.74, 6) is 0. The lowest BCUT2D eigenvalue weighted by Crippen LogP contribution is -3.13. The molecule has 1 atom stereocenters. The zero-order valence-corrected chi connectivity index (χ0v) is 10.9. The molecule has 0 aromatic carbocycles. The molecule has 0 bridgehead atoms. The molecule has 0 spiro atoms. The Labute approximate surface area is 95.6 Å². The van der Waals surface area contributed by atoms with Crippen molar-refractivity contribution < 1.29 is 4.90 Å². The van der Waals surface area contributed by atoms with Gasteiger partial charge in [-0.15, -0.1) is 0 Å². The second kappa shape index (κ2) is 12.0. The number of rotatable bonds is 11. The third-order valence-corrected chi connectivity index (χ3v) is 2.69. The Bertz CT molecular complexity index is 109. The smallest absolute Gasteiger partial charge is 0.0898 e. The fraction of sp³-hybridized carbons (Fsp3) is 1.00. The van der Waals surface area contributed by atoms with Crippen LogP contribution in [0.4, 0.5) is 0 Å². The van der Waals surface area contributed by atoms with Gasteiger partial charge in [0.2, 0.25) is 0 Å². The second-order valence-electron chi connectivity index (χ2n) is 4.21. The maximum atomic E-state index is 3.48. The molecule has 0 aliphatic carbocycles. The number of unbranched alkanes of at least 4 members (excludes halogenated alkanes) is 1. The van der Waals surface area contributed by atoms with Gasteiger partial charge < -0.3 is 15.5 Å². The molecule has 1 unspecified atom stereocenters. The fourth-order valence-electron chi connectivity index (χ4n) is 1.67. The first-order chi connectivity index (χ1) is 7.35. The Morgan fingerprint density at radius 3 is 2.20 bits per heavy atom. The molecule has 0 saturated carbocycles. The quantitative estimate of drug-likeness (QED) is 0.421. The first kappa shape index (κ1) is 14.9. The van der Waals surface area contributed by atoms with Gasteiger partial charge in [0.25, 0.3) is 0 Å². The molecule has 0 saturated heterocycles. The minimum Gasteiger partial charge on any atom is -0.333 e. The van der Waals surface area contributed by atoms with Gasteiger partial charge in [-0.2, -0.15) is 0 Å². The highest BCUT2D eigenvalue weighted by Gasteiger charge is 2.05. The summed E-state index contributed by atoms with van der Waals surface area (Å²) < 4.78 is 0. The summed E-state index contributed by atoms with van der Waals surface area (Å²) >= 11 is 0. The molecule has 0 radical (unpaired) electrons. The van der Waals surface area contributed by atoms with Crippen LogP contribution in [0.5, 0.6) is 0 Å². The van der Waals surface area contributed by atoms with Crippen LogP contribution in [0.15, 0.2) is 0 Å². The number of hydrogen-bond donors (Lipinski definition) is 3. The molecule has 0 aliphatic heterocycles. The van der Waals surface area contributed by atoms with E-state index in [0.717, 1.165) is 19.6 Å². The summed E-state index contributed by atoms with van der Waals surface area (Å²) in [5.41, 5.74) is 0. The molecular formula is C12H30N3+. The van der Waals surface area contributed by atoms with Crippen LogP contribution in [0.2, 0.25) is 0 Å². The van der Waals surface area contributed by atoms with Crippen molar-refractivity contribution in [2.75, 3.05) is 46.3 Å². The van der Waals surface area contributed by atoms with Crippen molar-refractivity contribution in [3.05, 3.63) is 0 Å². The summed E-state index contributed by atoms with van der Waals surface area (Å²) in [6.45, 7) is 11.8. The predicted molar refractivity (Wildman–Crippen MR) is 67.6 cm³/mol. The molecule has 92 valence electrons. The number of nitrogens with one attached hydrogen (secondary N) is 3. The molecule has 0 rings (SSSR count). The highest BCUT2D eigenvalue weighted by Crippen LogP contribution is 1.79. The van der Waals surface area contributed by atoms with Crippen molar-refractivity contribution in [1.82, 2.24) is 10.6 Å². The van der Waals surface area contributed by atoms with E-state index in [9.17, 15) is 0 Å². The molecule has 15 heavy (non-hydrogen) atoms. The van der Waals surface area contributed by atoms with Gasteiger partial charge in [0, 0.05) is 13.1 Å². The van der Waals surface area contributed by atoms with Gasteiger partial charge in [-0.25, -0.2) is 0 Å². The number of quaternary nitrogens is 1. The Morgan fingerprint density at radius 1 is 0.867 bits per heavy atom. The molecule has 3 nitrogen and oxygen atoms in total. The van der Waals surface area contributed by atoms with Gasteiger partial charge in [0.1, 0.15) is 0 Å². The molecule has 0 aromatic rings. The third kappa shape index (κ3) is 10.2. The summed E-state index contributed by atoms with van der Waals surface area (Å²) in [7, 11) is 2.03. The first-order valence-electron chi connectivity index (χ1n) is 6.54. The van der Waals surface area contributed by atoms with Crippen molar-refractivity contribution in [3.8, 4) is 0 Å². The first-order valence-corrected chi connectivity index (χ1v) is 6.54. The van der Waals surface area contributed by atoms with Crippen LogP contribution >= 0.6 is 0 Å². The van der Waals surface area contributed by atoms with Crippen molar-refractivity contribution in [1.29, 1.82) is 0 Å². The molecule has 0 fully saturated rings. The van der Waals surface area contributed by atoms with Gasteiger partial charge in [-0.1, -0.05) is 20.3 Å². The normalized spacial score (nSPS) is 13.0. The van der Waals surface area contributed by atoms with E-state index in [0.29, 0.717) is 0 Å². The van der Waals surface area contributed by atoms with Crippen molar-refractivity contribution in [3.63, 3.8) is 0 Å². The van der Waals surface area contributed by atoms with Gasteiger partial charge in [-0.3, -0.25) is 0 Å². The Kier molecular flexibility index (Phi) is 11.9. The van der Waals surface area contributed by atoms with Gasteiger partial charge in [0.15, 0.2) is 0 Å².